The maximum atomic E-state index is 4.77. The molecule has 1 aliphatic rings. The maximum Gasteiger partial charge on any atom is 0.107 e. The van der Waals surface area contributed by atoms with Crippen LogP contribution in [0.2, 0.25) is 0 Å². The van der Waals surface area contributed by atoms with E-state index in [2.05, 4.69) is 42.9 Å². The van der Waals surface area contributed by atoms with E-state index in [0.29, 0.717) is 6.04 Å². The molecule has 2 nitrogen and oxygen atoms in total. The van der Waals surface area contributed by atoms with E-state index < -0.39 is 0 Å². The zero-order valence-corrected chi connectivity index (χ0v) is 14.0. The molecule has 108 valence electrons. The summed E-state index contributed by atoms with van der Waals surface area (Å²) in [6.07, 6.45) is 3.81. The zero-order valence-electron chi connectivity index (χ0n) is 12.4. The molecule has 0 fully saturated rings. The number of thiazole rings is 1. The summed E-state index contributed by atoms with van der Waals surface area (Å²) < 4.78 is 0. The van der Waals surface area contributed by atoms with Gasteiger partial charge in [-0.15, -0.1) is 22.7 Å². The third-order valence-electron chi connectivity index (χ3n) is 3.87. The lowest BCUT2D eigenvalue weighted by Gasteiger charge is -2.23. The Kier molecular flexibility index (Phi) is 3.98. The Morgan fingerprint density at radius 3 is 2.95 bits per heavy atom. The molecule has 0 saturated carbocycles. The number of nitrogens with one attached hydrogen (secondary N) is 1. The van der Waals surface area contributed by atoms with Crippen molar-refractivity contribution in [2.75, 3.05) is 0 Å². The average Bonchev–Trinajstić information content (AvgIpc) is 3.04. The summed E-state index contributed by atoms with van der Waals surface area (Å²) in [5, 5.41) is 9.34. The first kappa shape index (κ1) is 14.2. The summed E-state index contributed by atoms with van der Waals surface area (Å²) in [5.41, 5.74) is 2.88. The van der Waals surface area contributed by atoms with Crippen LogP contribution in [0.15, 0.2) is 16.8 Å². The smallest absolute Gasteiger partial charge is 0.107 e. The van der Waals surface area contributed by atoms with Gasteiger partial charge in [0.2, 0.25) is 0 Å². The van der Waals surface area contributed by atoms with Crippen LogP contribution in [0.3, 0.4) is 0 Å². The van der Waals surface area contributed by atoms with Crippen LogP contribution < -0.4 is 5.32 Å². The summed E-state index contributed by atoms with van der Waals surface area (Å²) in [6, 6.07) is 2.81. The number of fused-ring (bicyclic) bond motifs is 1. The Hall–Kier alpha value is -0.710. The molecule has 1 N–H and O–H groups in total. The van der Waals surface area contributed by atoms with Crippen molar-refractivity contribution in [2.24, 2.45) is 0 Å². The van der Waals surface area contributed by atoms with Crippen molar-refractivity contribution in [2.45, 2.75) is 58.0 Å². The molecular formula is C16H22N2S2. The van der Waals surface area contributed by atoms with E-state index in [4.69, 9.17) is 4.98 Å². The van der Waals surface area contributed by atoms with Crippen molar-refractivity contribution in [1.29, 1.82) is 0 Å². The Morgan fingerprint density at radius 2 is 2.20 bits per heavy atom. The third-order valence-corrected chi connectivity index (χ3v) is 5.72. The predicted octanol–water partition coefficient (Wildman–Crippen LogP) is 4.67. The van der Waals surface area contributed by atoms with E-state index in [1.54, 1.807) is 16.2 Å². The van der Waals surface area contributed by atoms with Crippen LogP contribution in [0.5, 0.6) is 0 Å². The van der Waals surface area contributed by atoms with Gasteiger partial charge >= 0.3 is 0 Å². The van der Waals surface area contributed by atoms with Crippen molar-refractivity contribution in [3.05, 3.63) is 38.0 Å². The summed E-state index contributed by atoms with van der Waals surface area (Å²) >= 11 is 3.68. The van der Waals surface area contributed by atoms with Gasteiger partial charge < -0.3 is 5.32 Å². The highest BCUT2D eigenvalue weighted by molar-refractivity contribution is 7.10. The lowest BCUT2D eigenvalue weighted by atomic mass is 9.93. The summed E-state index contributed by atoms with van der Waals surface area (Å²) in [7, 11) is 0. The van der Waals surface area contributed by atoms with Crippen molar-refractivity contribution < 1.29 is 0 Å². The zero-order chi connectivity index (χ0) is 14.2. The fraction of sp³-hybridized carbons (Fsp3) is 0.562. The van der Waals surface area contributed by atoms with E-state index in [0.717, 1.165) is 6.54 Å². The SMILES string of the molecule is CC(C)(C)c1csc(CNC2CCCc3sccc32)n1. The van der Waals surface area contributed by atoms with Gasteiger partial charge in [-0.2, -0.15) is 0 Å². The first-order valence-corrected chi connectivity index (χ1v) is 9.04. The summed E-state index contributed by atoms with van der Waals surface area (Å²) in [6.45, 7) is 7.55. The molecule has 0 aliphatic heterocycles. The first-order chi connectivity index (χ1) is 9.54. The number of hydrogen-bond donors (Lipinski definition) is 1. The maximum absolute atomic E-state index is 4.77. The molecular weight excluding hydrogens is 284 g/mol. The van der Waals surface area contributed by atoms with E-state index in [-0.39, 0.29) is 5.41 Å². The average molecular weight is 306 g/mol. The number of hydrogen-bond acceptors (Lipinski definition) is 4. The number of nitrogens with zero attached hydrogens (tertiary/aromatic N) is 1. The molecule has 1 unspecified atom stereocenters. The van der Waals surface area contributed by atoms with Crippen molar-refractivity contribution in [1.82, 2.24) is 10.3 Å². The van der Waals surface area contributed by atoms with Gasteiger partial charge in [-0.25, -0.2) is 4.98 Å². The van der Waals surface area contributed by atoms with Gasteiger partial charge in [0.05, 0.1) is 5.69 Å². The van der Waals surface area contributed by atoms with E-state index in [1.165, 1.54) is 35.5 Å². The highest BCUT2D eigenvalue weighted by Gasteiger charge is 2.21. The van der Waals surface area contributed by atoms with Crippen molar-refractivity contribution >= 4 is 22.7 Å². The van der Waals surface area contributed by atoms with Crippen molar-refractivity contribution in [3.8, 4) is 0 Å². The quantitative estimate of drug-likeness (QED) is 0.891. The van der Waals surface area contributed by atoms with Gasteiger partial charge in [0, 0.05) is 28.3 Å². The molecule has 0 bridgehead atoms. The second kappa shape index (κ2) is 5.58. The van der Waals surface area contributed by atoms with Gasteiger partial charge in [0.1, 0.15) is 5.01 Å². The monoisotopic (exact) mass is 306 g/mol. The van der Waals surface area contributed by atoms with Gasteiger partial charge in [-0.3, -0.25) is 0 Å². The van der Waals surface area contributed by atoms with Crippen LogP contribution in [0.1, 0.15) is 60.8 Å². The molecule has 0 amide bonds. The van der Waals surface area contributed by atoms with E-state index in [9.17, 15) is 0 Å². The van der Waals surface area contributed by atoms with E-state index in [1.807, 2.05) is 11.3 Å². The molecule has 3 rings (SSSR count). The first-order valence-electron chi connectivity index (χ1n) is 7.28. The lowest BCUT2D eigenvalue weighted by molar-refractivity contribution is 0.461. The number of aryl methyl sites for hydroxylation is 1. The highest BCUT2D eigenvalue weighted by atomic mass is 32.1. The van der Waals surface area contributed by atoms with Crippen LogP contribution in [0.4, 0.5) is 0 Å². The summed E-state index contributed by atoms with van der Waals surface area (Å²) in [4.78, 5) is 6.34. The molecule has 4 heteroatoms. The standard InChI is InChI=1S/C16H22N2S2/c1-16(2,3)14-10-20-15(18-14)9-17-12-5-4-6-13-11(12)7-8-19-13/h7-8,10,12,17H,4-6,9H2,1-3H3. The largest absolute Gasteiger partial charge is 0.304 e. The molecule has 0 radical (unpaired) electrons. The minimum absolute atomic E-state index is 0.153. The molecule has 2 aromatic heterocycles. The molecule has 0 saturated heterocycles. The Labute approximate surface area is 129 Å². The number of thiophene rings is 1. The minimum atomic E-state index is 0.153. The molecule has 1 aliphatic carbocycles. The predicted molar refractivity (Wildman–Crippen MR) is 87.7 cm³/mol. The van der Waals surface area contributed by atoms with Crippen LogP contribution in [0.25, 0.3) is 0 Å². The van der Waals surface area contributed by atoms with Crippen LogP contribution in [0, 0.1) is 0 Å². The van der Waals surface area contributed by atoms with Gasteiger partial charge in [0.25, 0.3) is 0 Å². The molecule has 2 heterocycles. The van der Waals surface area contributed by atoms with Gasteiger partial charge in [0.15, 0.2) is 0 Å². The lowest BCUT2D eigenvalue weighted by Crippen LogP contribution is -2.24. The van der Waals surface area contributed by atoms with Crippen molar-refractivity contribution in [3.63, 3.8) is 0 Å². The normalized spacial score (nSPS) is 19.1. The number of rotatable bonds is 3. The molecule has 0 aromatic carbocycles. The van der Waals surface area contributed by atoms with Gasteiger partial charge in [-0.05, 0) is 36.3 Å². The molecule has 20 heavy (non-hydrogen) atoms. The van der Waals surface area contributed by atoms with Crippen LogP contribution in [-0.4, -0.2) is 4.98 Å². The third kappa shape index (κ3) is 2.97. The fourth-order valence-corrected chi connectivity index (χ4v) is 4.60. The minimum Gasteiger partial charge on any atom is -0.304 e. The second-order valence-corrected chi connectivity index (χ2v) is 8.44. The summed E-state index contributed by atoms with van der Waals surface area (Å²) in [5.74, 6) is 0. The Bertz CT molecular complexity index is 577. The number of aromatic nitrogens is 1. The highest BCUT2D eigenvalue weighted by Crippen LogP contribution is 2.33. The van der Waals surface area contributed by atoms with Gasteiger partial charge in [-0.1, -0.05) is 20.8 Å². The van der Waals surface area contributed by atoms with Crippen LogP contribution in [-0.2, 0) is 18.4 Å². The molecule has 1 atom stereocenters. The Morgan fingerprint density at radius 1 is 1.35 bits per heavy atom. The fourth-order valence-electron chi connectivity index (χ4n) is 2.65. The Balaban J connectivity index is 1.65. The molecule has 2 aromatic rings. The van der Waals surface area contributed by atoms with E-state index >= 15 is 0 Å². The van der Waals surface area contributed by atoms with Crippen LogP contribution >= 0.6 is 22.7 Å². The molecule has 0 spiro atoms. The second-order valence-electron chi connectivity index (χ2n) is 6.50. The topological polar surface area (TPSA) is 24.9 Å².